The maximum atomic E-state index is 14.1. The van der Waals surface area contributed by atoms with Crippen molar-refractivity contribution in [1.29, 1.82) is 0 Å². The SMILES string of the molecule is CC(=O)c1ccccc1NC(=O)C(=O)C(=C([O-])c1ccccc1-c1ccccc1)[C@@H]1OC(=O)c2ccccc21. The topological polar surface area (TPSA) is 113 Å². The second kappa shape index (κ2) is 10.6. The normalized spacial score (nSPS) is 14.6. The molecular formula is C32H22NO6-. The highest BCUT2D eigenvalue weighted by Crippen LogP contribution is 2.40. The molecule has 0 aliphatic carbocycles. The number of Topliss-reactive ketones (excluding diaryl/α,β-unsaturated/α-hetero) is 2. The first kappa shape index (κ1) is 25.4. The van der Waals surface area contributed by atoms with E-state index in [1.165, 1.54) is 25.1 Å². The summed E-state index contributed by atoms with van der Waals surface area (Å²) >= 11 is 0. The molecule has 7 nitrogen and oxygen atoms in total. The summed E-state index contributed by atoms with van der Waals surface area (Å²) in [5.41, 5.74) is 1.80. The minimum absolute atomic E-state index is 0.128. The van der Waals surface area contributed by atoms with E-state index in [0.717, 1.165) is 5.56 Å². The minimum Gasteiger partial charge on any atom is -0.872 e. The first-order valence-electron chi connectivity index (χ1n) is 12.2. The summed E-state index contributed by atoms with van der Waals surface area (Å²) in [6.07, 6.45) is -1.38. The number of rotatable bonds is 7. The van der Waals surface area contributed by atoms with Crippen molar-refractivity contribution in [2.24, 2.45) is 0 Å². The van der Waals surface area contributed by atoms with Gasteiger partial charge < -0.3 is 15.2 Å². The van der Waals surface area contributed by atoms with Gasteiger partial charge in [-0.1, -0.05) is 90.7 Å². The minimum atomic E-state index is -1.38. The van der Waals surface area contributed by atoms with Crippen LogP contribution in [0.25, 0.3) is 16.9 Å². The second-order valence-corrected chi connectivity index (χ2v) is 8.91. The summed E-state index contributed by atoms with van der Waals surface area (Å²) in [6, 6.07) is 28.5. The molecule has 39 heavy (non-hydrogen) atoms. The van der Waals surface area contributed by atoms with Crippen LogP contribution in [0.15, 0.2) is 109 Å². The van der Waals surface area contributed by atoms with Gasteiger partial charge >= 0.3 is 5.97 Å². The quantitative estimate of drug-likeness (QED) is 0.125. The van der Waals surface area contributed by atoms with Gasteiger partial charge in [0.25, 0.3) is 5.91 Å². The predicted octanol–water partition coefficient (Wildman–Crippen LogP) is 4.75. The molecule has 1 amide bonds. The summed E-state index contributed by atoms with van der Waals surface area (Å²) in [5, 5.41) is 16.6. The van der Waals surface area contributed by atoms with Crippen LogP contribution >= 0.6 is 0 Å². The first-order chi connectivity index (χ1) is 18.9. The highest BCUT2D eigenvalue weighted by atomic mass is 16.5. The lowest BCUT2D eigenvalue weighted by molar-refractivity contribution is -0.245. The number of ether oxygens (including phenoxy) is 1. The first-order valence-corrected chi connectivity index (χ1v) is 12.2. The largest absolute Gasteiger partial charge is 0.872 e. The Labute approximate surface area is 224 Å². The third kappa shape index (κ3) is 4.85. The molecule has 1 heterocycles. The number of para-hydroxylation sites is 1. The second-order valence-electron chi connectivity index (χ2n) is 8.91. The van der Waals surface area contributed by atoms with Crippen LogP contribution in [0.2, 0.25) is 0 Å². The van der Waals surface area contributed by atoms with Crippen molar-refractivity contribution in [2.45, 2.75) is 13.0 Å². The Kier molecular flexibility index (Phi) is 6.89. The number of hydrogen-bond donors (Lipinski definition) is 1. The van der Waals surface area contributed by atoms with E-state index in [1.54, 1.807) is 54.6 Å². The van der Waals surface area contributed by atoms with Crippen LogP contribution in [0.3, 0.4) is 0 Å². The molecule has 0 aromatic heterocycles. The number of benzene rings is 4. The van der Waals surface area contributed by atoms with Crippen molar-refractivity contribution in [3.63, 3.8) is 0 Å². The third-order valence-electron chi connectivity index (χ3n) is 6.46. The van der Waals surface area contributed by atoms with Gasteiger partial charge in [0.05, 0.1) is 11.3 Å². The molecule has 4 aromatic rings. The molecule has 1 atom stereocenters. The van der Waals surface area contributed by atoms with Crippen molar-refractivity contribution >= 4 is 34.9 Å². The lowest BCUT2D eigenvalue weighted by Gasteiger charge is -2.25. The zero-order valence-electron chi connectivity index (χ0n) is 20.8. The number of ketones is 2. The van der Waals surface area contributed by atoms with E-state index in [4.69, 9.17) is 4.74 Å². The molecule has 192 valence electrons. The molecular weight excluding hydrogens is 494 g/mol. The molecule has 4 aromatic carbocycles. The Balaban J connectivity index is 1.65. The summed E-state index contributed by atoms with van der Waals surface area (Å²) in [6.45, 7) is 1.34. The number of anilines is 1. The molecule has 0 fully saturated rings. The Morgan fingerprint density at radius 2 is 1.33 bits per heavy atom. The van der Waals surface area contributed by atoms with E-state index in [-0.39, 0.29) is 28.2 Å². The number of cyclic esters (lactones) is 1. The van der Waals surface area contributed by atoms with Gasteiger partial charge in [0, 0.05) is 16.7 Å². The highest BCUT2D eigenvalue weighted by Gasteiger charge is 2.38. The molecule has 1 aliphatic rings. The Bertz CT molecular complexity index is 1650. The van der Waals surface area contributed by atoms with Gasteiger partial charge in [-0.2, -0.15) is 0 Å². The molecule has 0 radical (unpaired) electrons. The number of carbonyl (C=O) groups is 4. The zero-order valence-corrected chi connectivity index (χ0v) is 20.8. The van der Waals surface area contributed by atoms with E-state index in [0.29, 0.717) is 11.1 Å². The number of amides is 1. The summed E-state index contributed by atoms with van der Waals surface area (Å²) in [4.78, 5) is 51.7. The van der Waals surface area contributed by atoms with Gasteiger partial charge in [-0.3, -0.25) is 14.4 Å². The maximum absolute atomic E-state index is 14.1. The van der Waals surface area contributed by atoms with Crippen LogP contribution < -0.4 is 10.4 Å². The number of nitrogens with one attached hydrogen (secondary N) is 1. The van der Waals surface area contributed by atoms with Crippen LogP contribution in [-0.2, 0) is 14.3 Å². The van der Waals surface area contributed by atoms with E-state index >= 15 is 0 Å². The zero-order chi connectivity index (χ0) is 27.5. The van der Waals surface area contributed by atoms with Gasteiger partial charge in [0.2, 0.25) is 5.78 Å². The van der Waals surface area contributed by atoms with E-state index in [9.17, 15) is 24.3 Å². The van der Waals surface area contributed by atoms with Gasteiger partial charge in [0.1, 0.15) is 0 Å². The molecule has 1 aliphatic heterocycles. The molecule has 0 spiro atoms. The number of carbonyl (C=O) groups excluding carboxylic acids is 4. The van der Waals surface area contributed by atoms with Crippen LogP contribution in [0.1, 0.15) is 44.9 Å². The molecule has 0 saturated heterocycles. The lowest BCUT2D eigenvalue weighted by Crippen LogP contribution is -2.30. The van der Waals surface area contributed by atoms with Crippen LogP contribution in [0.5, 0.6) is 0 Å². The standard InChI is InChI=1S/C32H23NO6/c1-19(34)21-13-9-10-18-26(21)33-31(37)29(36)27(30-24-16-7-8-17-25(24)32(38)39-30)28(35)23-15-6-5-14-22(23)20-11-3-2-4-12-20/h2-18,30,35H,1H3,(H,33,37)/p-1/t30-/m1/s1. The summed E-state index contributed by atoms with van der Waals surface area (Å²) in [5.74, 6) is -4.06. The van der Waals surface area contributed by atoms with Crippen molar-refractivity contribution in [2.75, 3.05) is 5.32 Å². The maximum Gasteiger partial charge on any atom is 0.339 e. The van der Waals surface area contributed by atoms with Gasteiger partial charge in [0.15, 0.2) is 11.9 Å². The molecule has 5 rings (SSSR count). The smallest absolute Gasteiger partial charge is 0.339 e. The molecule has 7 heteroatoms. The van der Waals surface area contributed by atoms with Gasteiger partial charge in [-0.05, 0) is 41.8 Å². The van der Waals surface area contributed by atoms with Crippen LogP contribution in [0, 0.1) is 0 Å². The predicted molar refractivity (Wildman–Crippen MR) is 143 cm³/mol. The average molecular weight is 517 g/mol. The Hall–Kier alpha value is -5.30. The van der Waals surface area contributed by atoms with Gasteiger partial charge in [-0.25, -0.2) is 4.79 Å². The number of esters is 1. The third-order valence-corrected chi connectivity index (χ3v) is 6.46. The monoisotopic (exact) mass is 516 g/mol. The number of hydrogen-bond acceptors (Lipinski definition) is 6. The fraction of sp³-hybridized carbons (Fsp3) is 0.0625. The molecule has 0 saturated carbocycles. The fourth-order valence-electron chi connectivity index (χ4n) is 4.60. The average Bonchev–Trinajstić information content (AvgIpc) is 3.29. The van der Waals surface area contributed by atoms with E-state index in [2.05, 4.69) is 5.32 Å². The van der Waals surface area contributed by atoms with Crippen molar-refractivity contribution in [1.82, 2.24) is 0 Å². The Morgan fingerprint density at radius 3 is 2.05 bits per heavy atom. The van der Waals surface area contributed by atoms with Crippen LogP contribution in [0.4, 0.5) is 5.69 Å². The lowest BCUT2D eigenvalue weighted by atomic mass is 9.90. The van der Waals surface area contributed by atoms with Gasteiger partial charge in [-0.15, -0.1) is 0 Å². The highest BCUT2D eigenvalue weighted by molar-refractivity contribution is 6.48. The van der Waals surface area contributed by atoms with Crippen LogP contribution in [-0.4, -0.2) is 23.4 Å². The van der Waals surface area contributed by atoms with Crippen molar-refractivity contribution < 1.29 is 29.0 Å². The van der Waals surface area contributed by atoms with Crippen molar-refractivity contribution in [3.8, 4) is 11.1 Å². The summed E-state index contributed by atoms with van der Waals surface area (Å²) in [7, 11) is 0. The fourth-order valence-corrected chi connectivity index (χ4v) is 4.60. The Morgan fingerprint density at radius 1 is 0.744 bits per heavy atom. The van der Waals surface area contributed by atoms with E-state index in [1.807, 2.05) is 30.3 Å². The van der Waals surface area contributed by atoms with E-state index < -0.39 is 35.1 Å². The molecule has 0 unspecified atom stereocenters. The summed E-state index contributed by atoms with van der Waals surface area (Å²) < 4.78 is 5.51. The van der Waals surface area contributed by atoms with Crippen molar-refractivity contribution in [3.05, 3.63) is 131 Å². The molecule has 1 N–H and O–H groups in total. The number of fused-ring (bicyclic) bond motifs is 1. The molecule has 0 bridgehead atoms.